The van der Waals surface area contributed by atoms with Gasteiger partial charge in [-0.1, -0.05) is 5.16 Å². The van der Waals surface area contributed by atoms with Gasteiger partial charge in [0.15, 0.2) is 11.3 Å². The quantitative estimate of drug-likeness (QED) is 0.629. The lowest BCUT2D eigenvalue weighted by molar-refractivity contribution is -0.131. The van der Waals surface area contributed by atoms with Crippen LogP contribution in [0.15, 0.2) is 33.2 Å². The molecule has 1 saturated heterocycles. The molecule has 3 heterocycles. The smallest absolute Gasteiger partial charge is 0.298 e. The van der Waals surface area contributed by atoms with Crippen LogP contribution >= 0.6 is 0 Å². The van der Waals surface area contributed by atoms with Gasteiger partial charge in [0, 0.05) is 38.7 Å². The molecule has 154 valence electrons. The van der Waals surface area contributed by atoms with E-state index in [2.05, 4.69) is 15.0 Å². The lowest BCUT2D eigenvalue weighted by Crippen LogP contribution is -2.38. The number of carbonyl (C=O) groups excluding carboxylic acids is 1. The third kappa shape index (κ3) is 4.36. The Bertz CT molecular complexity index is 996. The predicted molar refractivity (Wildman–Crippen MR) is 108 cm³/mol. The van der Waals surface area contributed by atoms with Crippen LogP contribution in [0.2, 0.25) is 0 Å². The van der Waals surface area contributed by atoms with Crippen molar-refractivity contribution >= 4 is 23.0 Å². The monoisotopic (exact) mass is 398 g/mol. The molecule has 0 bridgehead atoms. The first-order chi connectivity index (χ1) is 14.0. The summed E-state index contributed by atoms with van der Waals surface area (Å²) in [4.78, 5) is 21.1. The topological polar surface area (TPSA) is 84.8 Å². The highest BCUT2D eigenvalue weighted by atomic mass is 16.5. The molecule has 1 aromatic carbocycles. The molecule has 1 amide bonds. The van der Waals surface area contributed by atoms with Gasteiger partial charge < -0.3 is 23.5 Å². The summed E-state index contributed by atoms with van der Waals surface area (Å²) in [5.74, 6) is 1.82. The van der Waals surface area contributed by atoms with Gasteiger partial charge in [0.1, 0.15) is 11.3 Å². The van der Waals surface area contributed by atoms with Crippen LogP contribution in [0, 0.1) is 12.8 Å². The van der Waals surface area contributed by atoms with Crippen molar-refractivity contribution in [1.29, 1.82) is 0 Å². The molecule has 1 unspecified atom stereocenters. The van der Waals surface area contributed by atoms with Gasteiger partial charge in [0.25, 0.3) is 6.01 Å². The molecule has 1 atom stereocenters. The SMILES string of the molecule is COc1ccc2oc(N3CCCC(CC(=O)N(C)Cc4cc(C)no4)C3)nc2c1. The number of methoxy groups -OCH3 is 1. The normalized spacial score (nSPS) is 16.9. The molecule has 1 aliphatic heterocycles. The number of piperidine rings is 1. The molecule has 0 saturated carbocycles. The molecule has 1 fully saturated rings. The summed E-state index contributed by atoms with van der Waals surface area (Å²) in [5.41, 5.74) is 2.33. The molecule has 0 N–H and O–H groups in total. The molecular weight excluding hydrogens is 372 g/mol. The first-order valence-electron chi connectivity index (χ1n) is 9.87. The maximum absolute atomic E-state index is 12.7. The van der Waals surface area contributed by atoms with Crippen molar-refractivity contribution in [1.82, 2.24) is 15.0 Å². The van der Waals surface area contributed by atoms with E-state index in [9.17, 15) is 4.79 Å². The fourth-order valence-corrected chi connectivity index (χ4v) is 3.78. The molecule has 29 heavy (non-hydrogen) atoms. The number of fused-ring (bicyclic) bond motifs is 1. The number of anilines is 1. The molecule has 3 aromatic rings. The minimum atomic E-state index is 0.105. The van der Waals surface area contributed by atoms with E-state index in [4.69, 9.17) is 13.7 Å². The maximum Gasteiger partial charge on any atom is 0.298 e. The summed E-state index contributed by atoms with van der Waals surface area (Å²) in [6.45, 7) is 3.93. The summed E-state index contributed by atoms with van der Waals surface area (Å²) in [6.07, 6.45) is 2.52. The standard InChI is InChI=1S/C21H26N4O4/c1-14-9-17(29-23-14)13-24(2)20(26)10-15-5-4-8-25(12-15)21-22-18-11-16(27-3)6-7-19(18)28-21/h6-7,9,11,15H,4-5,8,10,12-13H2,1-3H3. The minimum absolute atomic E-state index is 0.105. The van der Waals surface area contributed by atoms with Crippen molar-refractivity contribution in [2.45, 2.75) is 32.7 Å². The van der Waals surface area contributed by atoms with Crippen LogP contribution in [0.1, 0.15) is 30.7 Å². The zero-order valence-corrected chi connectivity index (χ0v) is 17.1. The average Bonchev–Trinajstić information content (AvgIpc) is 3.33. The fraction of sp³-hybridized carbons (Fsp3) is 0.476. The molecular formula is C21H26N4O4. The van der Waals surface area contributed by atoms with Gasteiger partial charge in [-0.25, -0.2) is 0 Å². The third-order valence-corrected chi connectivity index (χ3v) is 5.33. The summed E-state index contributed by atoms with van der Waals surface area (Å²) < 4.78 is 16.4. The Morgan fingerprint density at radius 1 is 1.38 bits per heavy atom. The lowest BCUT2D eigenvalue weighted by atomic mass is 9.94. The molecule has 2 aromatic heterocycles. The summed E-state index contributed by atoms with van der Waals surface area (Å²) >= 11 is 0. The van der Waals surface area contributed by atoms with E-state index in [-0.39, 0.29) is 11.8 Å². The van der Waals surface area contributed by atoms with Crippen LogP contribution in [0.4, 0.5) is 6.01 Å². The van der Waals surface area contributed by atoms with Gasteiger partial charge >= 0.3 is 0 Å². The Morgan fingerprint density at radius 2 is 2.24 bits per heavy atom. The number of oxazole rings is 1. The largest absolute Gasteiger partial charge is 0.497 e. The fourth-order valence-electron chi connectivity index (χ4n) is 3.78. The summed E-state index contributed by atoms with van der Waals surface area (Å²) in [6, 6.07) is 8.06. The number of aryl methyl sites for hydroxylation is 1. The molecule has 8 nitrogen and oxygen atoms in total. The van der Waals surface area contributed by atoms with E-state index < -0.39 is 0 Å². The molecule has 0 aliphatic carbocycles. The van der Waals surface area contributed by atoms with Crippen molar-refractivity contribution in [3.05, 3.63) is 35.7 Å². The Labute approximate surface area is 169 Å². The average molecular weight is 398 g/mol. The van der Waals surface area contributed by atoms with Gasteiger partial charge in [-0.2, -0.15) is 4.98 Å². The molecule has 1 aliphatic rings. The van der Waals surface area contributed by atoms with Crippen molar-refractivity contribution < 1.29 is 18.5 Å². The van der Waals surface area contributed by atoms with Crippen molar-refractivity contribution in [3.63, 3.8) is 0 Å². The number of nitrogens with zero attached hydrogens (tertiary/aromatic N) is 4. The number of benzene rings is 1. The van der Waals surface area contributed by atoms with Gasteiger partial charge in [0.2, 0.25) is 5.91 Å². The number of hydrogen-bond donors (Lipinski definition) is 0. The van der Waals surface area contributed by atoms with E-state index in [0.29, 0.717) is 24.7 Å². The lowest BCUT2D eigenvalue weighted by Gasteiger charge is -2.32. The van der Waals surface area contributed by atoms with Gasteiger partial charge in [-0.3, -0.25) is 4.79 Å². The first-order valence-corrected chi connectivity index (χ1v) is 9.87. The van der Waals surface area contributed by atoms with E-state index in [1.807, 2.05) is 31.2 Å². The number of ether oxygens (including phenoxy) is 1. The van der Waals surface area contributed by atoms with Crippen LogP contribution in [-0.2, 0) is 11.3 Å². The van der Waals surface area contributed by atoms with Crippen LogP contribution in [0.5, 0.6) is 5.75 Å². The van der Waals surface area contributed by atoms with Crippen molar-refractivity contribution in [3.8, 4) is 5.75 Å². The van der Waals surface area contributed by atoms with E-state index in [1.54, 1.807) is 19.1 Å². The van der Waals surface area contributed by atoms with E-state index >= 15 is 0 Å². The number of carbonyl (C=O) groups is 1. The second-order valence-corrected chi connectivity index (χ2v) is 7.67. The van der Waals surface area contributed by atoms with E-state index in [0.717, 1.165) is 48.5 Å². The van der Waals surface area contributed by atoms with Gasteiger partial charge in [0.05, 0.1) is 19.3 Å². The summed E-state index contributed by atoms with van der Waals surface area (Å²) in [7, 11) is 3.43. The molecule has 4 rings (SSSR count). The van der Waals surface area contributed by atoms with Crippen LogP contribution in [0.3, 0.4) is 0 Å². The minimum Gasteiger partial charge on any atom is -0.497 e. The first kappa shape index (κ1) is 19.3. The van der Waals surface area contributed by atoms with Crippen LogP contribution in [0.25, 0.3) is 11.1 Å². The number of hydrogen-bond acceptors (Lipinski definition) is 7. The second-order valence-electron chi connectivity index (χ2n) is 7.67. The van der Waals surface area contributed by atoms with Crippen molar-refractivity contribution in [2.24, 2.45) is 5.92 Å². The second kappa shape index (κ2) is 8.14. The Kier molecular flexibility index (Phi) is 5.42. The number of aromatic nitrogens is 2. The van der Waals surface area contributed by atoms with Crippen LogP contribution in [-0.4, -0.2) is 48.2 Å². The van der Waals surface area contributed by atoms with Gasteiger partial charge in [-0.15, -0.1) is 0 Å². The van der Waals surface area contributed by atoms with Crippen molar-refractivity contribution in [2.75, 3.05) is 32.1 Å². The van der Waals surface area contributed by atoms with Gasteiger partial charge in [-0.05, 0) is 37.8 Å². The Morgan fingerprint density at radius 3 is 3.00 bits per heavy atom. The maximum atomic E-state index is 12.7. The number of rotatable bonds is 6. The zero-order valence-electron chi connectivity index (χ0n) is 17.1. The third-order valence-electron chi connectivity index (χ3n) is 5.33. The highest BCUT2D eigenvalue weighted by Gasteiger charge is 2.26. The predicted octanol–water partition coefficient (Wildman–Crippen LogP) is 3.40. The number of amides is 1. The van der Waals surface area contributed by atoms with Crippen LogP contribution < -0.4 is 9.64 Å². The Hall–Kier alpha value is -3.03. The zero-order chi connectivity index (χ0) is 20.4. The van der Waals surface area contributed by atoms with E-state index in [1.165, 1.54) is 0 Å². The molecule has 0 radical (unpaired) electrons. The molecule has 0 spiro atoms. The highest BCUT2D eigenvalue weighted by Crippen LogP contribution is 2.29. The highest BCUT2D eigenvalue weighted by molar-refractivity contribution is 5.77. The molecule has 8 heteroatoms. The summed E-state index contributed by atoms with van der Waals surface area (Å²) in [5, 5.41) is 3.87. The Balaban J connectivity index is 1.38.